The van der Waals surface area contributed by atoms with Gasteiger partial charge in [-0.1, -0.05) is 0 Å². The predicted molar refractivity (Wildman–Crippen MR) is 70.3 cm³/mol. The van der Waals surface area contributed by atoms with Crippen LogP contribution in [0.4, 0.5) is 10.1 Å². The zero-order valence-corrected chi connectivity index (χ0v) is 11.1. The summed E-state index contributed by atoms with van der Waals surface area (Å²) in [6, 6.07) is 6.62. The number of ether oxygens (including phenoxy) is 1. The molecule has 0 heterocycles. The monoisotopic (exact) mass is 270 g/mol. The Morgan fingerprint density at radius 2 is 2.22 bits per heavy atom. The molecule has 3 nitrogen and oxygen atoms in total. The zero-order valence-electron chi connectivity index (χ0n) is 10.3. The molecule has 0 amide bonds. The maximum absolute atomic E-state index is 13.1. The number of methoxy groups -OCH3 is 1. The Balaban J connectivity index is 2.92. The van der Waals surface area contributed by atoms with E-state index in [1.807, 2.05) is 4.90 Å². The average molecular weight is 271 g/mol. The van der Waals surface area contributed by atoms with Crippen LogP contribution in [0.25, 0.3) is 0 Å². The number of halogens is 2. The van der Waals surface area contributed by atoms with Gasteiger partial charge in [-0.15, -0.1) is 11.6 Å². The highest BCUT2D eigenvalue weighted by molar-refractivity contribution is 6.17. The van der Waals surface area contributed by atoms with Gasteiger partial charge in [0.05, 0.1) is 19.1 Å². The first kappa shape index (κ1) is 14.7. The van der Waals surface area contributed by atoms with Gasteiger partial charge in [-0.05, 0) is 23.8 Å². The average Bonchev–Trinajstić information content (AvgIpc) is 2.39. The van der Waals surface area contributed by atoms with E-state index in [0.29, 0.717) is 26.1 Å². The van der Waals surface area contributed by atoms with Gasteiger partial charge in [0.2, 0.25) is 0 Å². The highest BCUT2D eigenvalue weighted by Crippen LogP contribution is 2.23. The van der Waals surface area contributed by atoms with Gasteiger partial charge in [0.1, 0.15) is 5.82 Å². The van der Waals surface area contributed by atoms with Crippen LogP contribution >= 0.6 is 11.6 Å². The molecule has 1 aromatic carbocycles. The molecule has 0 unspecified atom stereocenters. The van der Waals surface area contributed by atoms with Gasteiger partial charge in [0.15, 0.2) is 0 Å². The van der Waals surface area contributed by atoms with Crippen molar-refractivity contribution in [1.29, 1.82) is 5.26 Å². The van der Waals surface area contributed by atoms with Crippen molar-refractivity contribution in [2.45, 2.75) is 12.3 Å². The van der Waals surface area contributed by atoms with Gasteiger partial charge in [0, 0.05) is 31.8 Å². The number of nitrogens with zero attached hydrogens (tertiary/aromatic N) is 2. The summed E-state index contributed by atoms with van der Waals surface area (Å²) < 4.78 is 18.2. The van der Waals surface area contributed by atoms with E-state index >= 15 is 0 Å². The summed E-state index contributed by atoms with van der Waals surface area (Å²) in [5.74, 6) is -0.0651. The molecule has 5 heteroatoms. The minimum atomic E-state index is -0.304. The van der Waals surface area contributed by atoms with E-state index in [9.17, 15) is 4.39 Å². The number of hydrogen-bond donors (Lipinski definition) is 0. The van der Waals surface area contributed by atoms with Gasteiger partial charge in [0.25, 0.3) is 0 Å². The van der Waals surface area contributed by atoms with Crippen molar-refractivity contribution in [3.05, 3.63) is 29.6 Å². The molecule has 0 aliphatic heterocycles. The molecule has 0 aliphatic carbocycles. The predicted octanol–water partition coefficient (Wildman–Crippen LogP) is 2.93. The lowest BCUT2D eigenvalue weighted by molar-refractivity contribution is 0.205. The summed E-state index contributed by atoms with van der Waals surface area (Å²) in [5, 5.41) is 8.66. The van der Waals surface area contributed by atoms with E-state index < -0.39 is 0 Å². The van der Waals surface area contributed by atoms with Crippen LogP contribution in [0, 0.1) is 17.1 Å². The summed E-state index contributed by atoms with van der Waals surface area (Å²) in [6.45, 7) is 1.77. The van der Waals surface area contributed by atoms with Crippen LogP contribution in [-0.4, -0.2) is 26.8 Å². The first-order valence-electron chi connectivity index (χ1n) is 5.68. The number of anilines is 1. The van der Waals surface area contributed by atoms with Crippen molar-refractivity contribution < 1.29 is 9.13 Å². The minimum absolute atomic E-state index is 0.239. The standard InChI is InChI=1S/C13H16ClFN2O/c1-18-8-7-17(6-2-5-16)13-4-3-12(15)9-11(13)10-14/h3-4,9H,2,6-8,10H2,1H3. The summed E-state index contributed by atoms with van der Waals surface area (Å²) >= 11 is 5.83. The fourth-order valence-corrected chi connectivity index (χ4v) is 1.92. The van der Waals surface area contributed by atoms with Crippen molar-refractivity contribution >= 4 is 17.3 Å². The third-order valence-corrected chi connectivity index (χ3v) is 2.87. The Hall–Kier alpha value is -1.31. The smallest absolute Gasteiger partial charge is 0.123 e. The molecule has 0 bridgehead atoms. The summed E-state index contributed by atoms with van der Waals surface area (Å²) in [5.41, 5.74) is 1.59. The fraction of sp³-hybridized carbons (Fsp3) is 0.462. The van der Waals surface area contributed by atoms with Gasteiger partial charge >= 0.3 is 0 Å². The van der Waals surface area contributed by atoms with Gasteiger partial charge in [-0.2, -0.15) is 5.26 Å². The molecule has 98 valence electrons. The molecule has 0 aromatic heterocycles. The molecule has 0 spiro atoms. The largest absolute Gasteiger partial charge is 0.383 e. The number of nitriles is 1. The molecule has 0 saturated carbocycles. The second-order valence-corrected chi connectivity index (χ2v) is 4.06. The van der Waals surface area contributed by atoms with E-state index in [-0.39, 0.29) is 11.7 Å². The lowest BCUT2D eigenvalue weighted by atomic mass is 10.1. The molecule has 0 aliphatic rings. The molecular weight excluding hydrogens is 255 g/mol. The maximum atomic E-state index is 13.1. The third kappa shape index (κ3) is 4.17. The topological polar surface area (TPSA) is 36.3 Å². The number of alkyl halides is 1. The number of rotatable bonds is 7. The van der Waals surface area contributed by atoms with Gasteiger partial charge in [-0.3, -0.25) is 0 Å². The number of benzene rings is 1. The Morgan fingerprint density at radius 1 is 1.44 bits per heavy atom. The number of hydrogen-bond acceptors (Lipinski definition) is 3. The lowest BCUT2D eigenvalue weighted by Gasteiger charge is -2.25. The Bertz CT molecular complexity index is 420. The van der Waals surface area contributed by atoms with E-state index in [1.54, 1.807) is 13.2 Å². The van der Waals surface area contributed by atoms with Crippen LogP contribution in [-0.2, 0) is 10.6 Å². The summed E-state index contributed by atoms with van der Waals surface area (Å²) in [7, 11) is 1.62. The van der Waals surface area contributed by atoms with Gasteiger partial charge < -0.3 is 9.64 Å². The van der Waals surface area contributed by atoms with Crippen molar-refractivity contribution in [2.75, 3.05) is 31.7 Å². The van der Waals surface area contributed by atoms with E-state index in [0.717, 1.165) is 11.3 Å². The van der Waals surface area contributed by atoms with Crippen molar-refractivity contribution in [2.24, 2.45) is 0 Å². The van der Waals surface area contributed by atoms with Gasteiger partial charge in [-0.25, -0.2) is 4.39 Å². The summed E-state index contributed by atoms with van der Waals surface area (Å²) in [4.78, 5) is 1.99. The molecule has 1 rings (SSSR count). The van der Waals surface area contributed by atoms with E-state index in [4.69, 9.17) is 21.6 Å². The molecule has 0 atom stereocenters. The van der Waals surface area contributed by atoms with Crippen LogP contribution in [0.2, 0.25) is 0 Å². The van der Waals surface area contributed by atoms with Crippen LogP contribution in [0.1, 0.15) is 12.0 Å². The first-order chi connectivity index (χ1) is 8.72. The Morgan fingerprint density at radius 3 is 2.83 bits per heavy atom. The quantitative estimate of drug-likeness (QED) is 0.715. The highest BCUT2D eigenvalue weighted by Gasteiger charge is 2.11. The molecule has 0 radical (unpaired) electrons. The SMILES string of the molecule is COCCN(CCC#N)c1ccc(F)cc1CCl. The second-order valence-electron chi connectivity index (χ2n) is 3.79. The Kier molecular flexibility index (Phi) is 6.48. The normalized spacial score (nSPS) is 10.1. The Labute approximate surface area is 112 Å². The van der Waals surface area contributed by atoms with Crippen LogP contribution < -0.4 is 4.90 Å². The van der Waals surface area contributed by atoms with Crippen molar-refractivity contribution in [1.82, 2.24) is 0 Å². The van der Waals surface area contributed by atoms with E-state index in [1.165, 1.54) is 12.1 Å². The van der Waals surface area contributed by atoms with Crippen LogP contribution in [0.15, 0.2) is 18.2 Å². The second kappa shape index (κ2) is 7.91. The minimum Gasteiger partial charge on any atom is -0.383 e. The molecule has 0 N–H and O–H groups in total. The highest BCUT2D eigenvalue weighted by atomic mass is 35.5. The molecule has 18 heavy (non-hydrogen) atoms. The maximum Gasteiger partial charge on any atom is 0.123 e. The molecular formula is C13H16ClFN2O. The first-order valence-corrected chi connectivity index (χ1v) is 6.21. The molecule has 1 aromatic rings. The zero-order chi connectivity index (χ0) is 13.4. The van der Waals surface area contributed by atoms with Crippen molar-refractivity contribution in [3.8, 4) is 6.07 Å². The van der Waals surface area contributed by atoms with Crippen LogP contribution in [0.3, 0.4) is 0 Å². The third-order valence-electron chi connectivity index (χ3n) is 2.59. The fourth-order valence-electron chi connectivity index (χ4n) is 1.71. The van der Waals surface area contributed by atoms with Crippen LogP contribution in [0.5, 0.6) is 0 Å². The molecule has 0 saturated heterocycles. The van der Waals surface area contributed by atoms with Crippen molar-refractivity contribution in [3.63, 3.8) is 0 Å². The lowest BCUT2D eigenvalue weighted by Crippen LogP contribution is -2.29. The molecule has 0 fully saturated rings. The summed E-state index contributed by atoms with van der Waals surface area (Å²) in [6.07, 6.45) is 0.406. The van der Waals surface area contributed by atoms with E-state index in [2.05, 4.69) is 6.07 Å².